The third-order valence-corrected chi connectivity index (χ3v) is 2.77. The number of thioether (sulfide) groups is 1. The van der Waals surface area contributed by atoms with Gasteiger partial charge in [-0.3, -0.25) is 10.2 Å². The lowest BCUT2D eigenvalue weighted by molar-refractivity contribution is -0.140. The Morgan fingerprint density at radius 2 is 2.21 bits per heavy atom. The van der Waals surface area contributed by atoms with Gasteiger partial charge in [-0.25, -0.2) is 5.84 Å². The van der Waals surface area contributed by atoms with E-state index in [9.17, 15) is 4.79 Å². The molecule has 0 radical (unpaired) electrons. The number of nitrogen functional groups attached to an aromatic ring is 1. The zero-order valence-electron chi connectivity index (χ0n) is 10.9. The molecule has 0 amide bonds. The fraction of sp³-hybridized carbons (Fsp3) is 0.600. The van der Waals surface area contributed by atoms with Crippen LogP contribution in [0.25, 0.3) is 0 Å². The van der Waals surface area contributed by atoms with Crippen LogP contribution in [0.1, 0.15) is 19.8 Å². The molecule has 0 aliphatic heterocycles. The minimum Gasteiger partial charge on any atom is -0.469 e. The molecule has 0 aromatic carbocycles. The van der Waals surface area contributed by atoms with E-state index < -0.39 is 0 Å². The van der Waals surface area contributed by atoms with Gasteiger partial charge < -0.3 is 9.47 Å². The SMILES string of the molecule is CCCOc1nc(NN)nc(SCCC(=O)OC)n1. The molecule has 0 saturated heterocycles. The van der Waals surface area contributed by atoms with E-state index in [-0.39, 0.29) is 24.3 Å². The Balaban J connectivity index is 2.62. The lowest BCUT2D eigenvalue weighted by atomic mass is 10.5. The van der Waals surface area contributed by atoms with Gasteiger partial charge in [-0.2, -0.15) is 15.0 Å². The Morgan fingerprint density at radius 1 is 1.42 bits per heavy atom. The monoisotopic (exact) mass is 287 g/mol. The number of carbonyl (C=O) groups excluding carboxylic acids is 1. The van der Waals surface area contributed by atoms with E-state index in [0.717, 1.165) is 6.42 Å². The minimum atomic E-state index is -0.277. The first-order valence-corrected chi connectivity index (χ1v) is 6.73. The zero-order valence-corrected chi connectivity index (χ0v) is 11.7. The number of nitrogens with zero attached hydrogens (tertiary/aromatic N) is 3. The van der Waals surface area contributed by atoms with Gasteiger partial charge in [0.15, 0.2) is 5.16 Å². The van der Waals surface area contributed by atoms with Crippen molar-refractivity contribution >= 4 is 23.7 Å². The predicted octanol–water partition coefficient (Wildman–Crippen LogP) is 0.601. The van der Waals surface area contributed by atoms with E-state index in [0.29, 0.717) is 17.5 Å². The van der Waals surface area contributed by atoms with E-state index in [2.05, 4.69) is 25.1 Å². The van der Waals surface area contributed by atoms with Gasteiger partial charge in [0.1, 0.15) is 0 Å². The summed E-state index contributed by atoms with van der Waals surface area (Å²) in [7, 11) is 1.35. The van der Waals surface area contributed by atoms with Crippen molar-refractivity contribution in [3.63, 3.8) is 0 Å². The maximum Gasteiger partial charge on any atom is 0.322 e. The van der Waals surface area contributed by atoms with Crippen molar-refractivity contribution in [3.05, 3.63) is 0 Å². The number of ether oxygens (including phenoxy) is 2. The number of rotatable bonds is 8. The van der Waals surface area contributed by atoms with Crippen LogP contribution in [0.4, 0.5) is 5.95 Å². The van der Waals surface area contributed by atoms with Gasteiger partial charge in [-0.05, 0) is 6.42 Å². The number of nitrogens with two attached hydrogens (primary N) is 1. The summed E-state index contributed by atoms with van der Waals surface area (Å²) in [4.78, 5) is 23.1. The number of hydrazine groups is 1. The second-order valence-electron chi connectivity index (χ2n) is 3.39. The molecular formula is C10H17N5O3S. The van der Waals surface area contributed by atoms with Crippen LogP contribution < -0.4 is 16.0 Å². The zero-order chi connectivity index (χ0) is 14.1. The number of anilines is 1. The molecule has 8 nitrogen and oxygen atoms in total. The maximum atomic E-state index is 11.0. The van der Waals surface area contributed by atoms with E-state index in [4.69, 9.17) is 10.6 Å². The summed E-state index contributed by atoms with van der Waals surface area (Å²) in [5.41, 5.74) is 2.35. The molecule has 19 heavy (non-hydrogen) atoms. The maximum absolute atomic E-state index is 11.0. The van der Waals surface area contributed by atoms with E-state index in [1.807, 2.05) is 6.92 Å². The van der Waals surface area contributed by atoms with Gasteiger partial charge >= 0.3 is 12.0 Å². The topological polar surface area (TPSA) is 112 Å². The van der Waals surface area contributed by atoms with Crippen LogP contribution in [0.15, 0.2) is 5.16 Å². The number of nitrogens with one attached hydrogen (secondary N) is 1. The largest absolute Gasteiger partial charge is 0.469 e. The first kappa shape index (κ1) is 15.4. The van der Waals surface area contributed by atoms with Crippen LogP contribution in [0.2, 0.25) is 0 Å². The Bertz CT molecular complexity index is 418. The molecule has 0 atom stereocenters. The van der Waals surface area contributed by atoms with Crippen LogP contribution >= 0.6 is 11.8 Å². The van der Waals surface area contributed by atoms with Crippen LogP contribution in [-0.2, 0) is 9.53 Å². The highest BCUT2D eigenvalue weighted by atomic mass is 32.2. The molecule has 9 heteroatoms. The molecule has 1 aromatic heterocycles. The summed E-state index contributed by atoms with van der Waals surface area (Å²) in [6, 6.07) is 0.213. The van der Waals surface area contributed by atoms with Crippen molar-refractivity contribution in [2.45, 2.75) is 24.9 Å². The first-order valence-electron chi connectivity index (χ1n) is 5.74. The molecular weight excluding hydrogens is 270 g/mol. The Hall–Kier alpha value is -1.61. The predicted molar refractivity (Wildman–Crippen MR) is 70.8 cm³/mol. The first-order chi connectivity index (χ1) is 9.19. The fourth-order valence-electron chi connectivity index (χ4n) is 1.05. The van der Waals surface area contributed by atoms with Gasteiger partial charge in [-0.1, -0.05) is 18.7 Å². The van der Waals surface area contributed by atoms with E-state index in [1.54, 1.807) is 0 Å². The molecule has 0 bridgehead atoms. The summed E-state index contributed by atoms with van der Waals surface area (Å²) in [5, 5.41) is 0.443. The highest BCUT2D eigenvalue weighted by Crippen LogP contribution is 2.18. The molecule has 0 unspecified atom stereocenters. The lowest BCUT2D eigenvalue weighted by Gasteiger charge is -2.06. The second-order valence-corrected chi connectivity index (χ2v) is 4.45. The van der Waals surface area contributed by atoms with Crippen molar-refractivity contribution in [2.75, 3.05) is 24.9 Å². The second kappa shape index (κ2) is 8.48. The van der Waals surface area contributed by atoms with Crippen molar-refractivity contribution in [3.8, 4) is 6.01 Å². The van der Waals surface area contributed by atoms with Gasteiger partial charge in [0.25, 0.3) is 0 Å². The summed E-state index contributed by atoms with van der Waals surface area (Å²) < 4.78 is 9.87. The van der Waals surface area contributed by atoms with Crippen LogP contribution in [0.3, 0.4) is 0 Å². The van der Waals surface area contributed by atoms with Gasteiger partial charge in [0.2, 0.25) is 5.95 Å². The number of esters is 1. The standard InChI is InChI=1S/C10H17N5O3S/c1-3-5-18-9-12-8(15-11)13-10(14-9)19-6-4-7(16)17-2/h3-6,11H2,1-2H3,(H,12,13,14,15). The van der Waals surface area contributed by atoms with Crippen molar-refractivity contribution in [2.24, 2.45) is 5.84 Å². The van der Waals surface area contributed by atoms with E-state index in [1.165, 1.54) is 18.9 Å². The molecule has 106 valence electrons. The third-order valence-electron chi connectivity index (χ3n) is 1.92. The average molecular weight is 287 g/mol. The summed E-state index contributed by atoms with van der Waals surface area (Å²) in [6.45, 7) is 2.50. The smallest absolute Gasteiger partial charge is 0.322 e. The summed E-state index contributed by atoms with van der Waals surface area (Å²) in [5.74, 6) is 5.73. The number of aromatic nitrogens is 3. The quantitative estimate of drug-likeness (QED) is 0.307. The summed E-state index contributed by atoms with van der Waals surface area (Å²) >= 11 is 1.30. The molecule has 0 saturated carbocycles. The number of methoxy groups -OCH3 is 1. The molecule has 0 spiro atoms. The van der Waals surface area contributed by atoms with E-state index >= 15 is 0 Å². The van der Waals surface area contributed by atoms with Gasteiger partial charge in [0, 0.05) is 5.75 Å². The number of hydrogen-bond donors (Lipinski definition) is 2. The molecule has 3 N–H and O–H groups in total. The van der Waals surface area contributed by atoms with Crippen molar-refractivity contribution in [1.82, 2.24) is 15.0 Å². The van der Waals surface area contributed by atoms with Crippen molar-refractivity contribution in [1.29, 1.82) is 0 Å². The Morgan fingerprint density at radius 3 is 2.84 bits per heavy atom. The third kappa shape index (κ3) is 5.71. The molecule has 0 fully saturated rings. The van der Waals surface area contributed by atoms with Gasteiger partial charge in [0.05, 0.1) is 20.1 Å². The number of hydrogen-bond acceptors (Lipinski definition) is 9. The molecule has 1 rings (SSSR count). The molecule has 0 aliphatic carbocycles. The molecule has 1 heterocycles. The Labute approximate surface area is 115 Å². The fourth-order valence-corrected chi connectivity index (χ4v) is 1.80. The molecule has 0 aliphatic rings. The summed E-state index contributed by atoms with van der Waals surface area (Å²) in [6.07, 6.45) is 1.13. The van der Waals surface area contributed by atoms with Gasteiger partial charge in [-0.15, -0.1) is 0 Å². The van der Waals surface area contributed by atoms with Crippen LogP contribution in [-0.4, -0.2) is 40.4 Å². The lowest BCUT2D eigenvalue weighted by Crippen LogP contribution is -2.13. The van der Waals surface area contributed by atoms with Crippen molar-refractivity contribution < 1.29 is 14.3 Å². The Kier molecular flexibility index (Phi) is 6.90. The van der Waals surface area contributed by atoms with Crippen LogP contribution in [0.5, 0.6) is 6.01 Å². The average Bonchev–Trinajstić information content (AvgIpc) is 2.44. The highest BCUT2D eigenvalue weighted by molar-refractivity contribution is 7.99. The highest BCUT2D eigenvalue weighted by Gasteiger charge is 2.08. The molecule has 1 aromatic rings. The number of carbonyl (C=O) groups is 1. The normalized spacial score (nSPS) is 10.1. The minimum absolute atomic E-state index is 0.213. The van der Waals surface area contributed by atoms with Crippen LogP contribution in [0, 0.1) is 0 Å².